The number of rotatable bonds is 4. The lowest BCUT2D eigenvalue weighted by Gasteiger charge is -2.08. The average Bonchev–Trinajstić information content (AvgIpc) is 2.71. The summed E-state index contributed by atoms with van der Waals surface area (Å²) in [5.41, 5.74) is -0.0995. The van der Waals surface area contributed by atoms with Crippen LogP contribution in [0.5, 0.6) is 0 Å². The number of hydrogen-bond donors (Lipinski definition) is 2. The fourth-order valence-electron chi connectivity index (χ4n) is 2.30. The standard InChI is InChI=1S/C12H20N4O2S/c1-11(2)9(12(11,3)4)16-19(17,18)8-6-14-10(13-5)15-7-8/h6-7,9,16H,1-5H3,(H,13,14,15). The number of aromatic nitrogens is 2. The molecule has 7 heteroatoms. The molecular weight excluding hydrogens is 264 g/mol. The molecule has 1 fully saturated rings. The van der Waals surface area contributed by atoms with Crippen LogP contribution in [0, 0.1) is 10.8 Å². The van der Waals surface area contributed by atoms with E-state index in [4.69, 9.17) is 0 Å². The Morgan fingerprint density at radius 2 is 1.58 bits per heavy atom. The largest absolute Gasteiger partial charge is 0.357 e. The van der Waals surface area contributed by atoms with Crippen molar-refractivity contribution in [2.24, 2.45) is 10.8 Å². The smallest absolute Gasteiger partial charge is 0.243 e. The van der Waals surface area contributed by atoms with Crippen molar-refractivity contribution in [1.29, 1.82) is 0 Å². The monoisotopic (exact) mass is 284 g/mol. The molecule has 0 unspecified atom stereocenters. The lowest BCUT2D eigenvalue weighted by molar-refractivity contribution is 0.457. The Kier molecular flexibility index (Phi) is 3.10. The van der Waals surface area contributed by atoms with Crippen molar-refractivity contribution in [2.45, 2.75) is 38.6 Å². The Bertz CT molecular complexity index is 564. The zero-order chi connectivity index (χ0) is 14.5. The molecule has 106 valence electrons. The summed E-state index contributed by atoms with van der Waals surface area (Å²) in [6.45, 7) is 8.23. The number of sulfonamides is 1. The highest BCUT2D eigenvalue weighted by atomic mass is 32.2. The van der Waals surface area contributed by atoms with E-state index in [0.29, 0.717) is 5.95 Å². The first kappa shape index (κ1) is 14.2. The van der Waals surface area contributed by atoms with Gasteiger partial charge in [0.15, 0.2) is 0 Å². The molecule has 0 radical (unpaired) electrons. The molecule has 2 N–H and O–H groups in total. The van der Waals surface area contributed by atoms with E-state index >= 15 is 0 Å². The quantitative estimate of drug-likeness (QED) is 0.869. The second-order valence-electron chi connectivity index (χ2n) is 5.99. The Morgan fingerprint density at radius 3 is 1.95 bits per heavy atom. The summed E-state index contributed by atoms with van der Waals surface area (Å²) in [7, 11) is -1.89. The minimum absolute atomic E-state index is 0.0498. The second-order valence-corrected chi connectivity index (χ2v) is 7.70. The third kappa shape index (κ3) is 2.21. The Labute approximate surface area is 114 Å². The lowest BCUT2D eigenvalue weighted by Crippen LogP contribution is -2.30. The van der Waals surface area contributed by atoms with Gasteiger partial charge in [0.2, 0.25) is 16.0 Å². The summed E-state index contributed by atoms with van der Waals surface area (Å²) in [6.07, 6.45) is 2.62. The summed E-state index contributed by atoms with van der Waals surface area (Å²) >= 11 is 0. The van der Waals surface area contributed by atoms with E-state index in [1.807, 2.05) is 0 Å². The highest BCUT2D eigenvalue weighted by Gasteiger charge is 2.66. The van der Waals surface area contributed by atoms with E-state index in [9.17, 15) is 8.42 Å². The van der Waals surface area contributed by atoms with Gasteiger partial charge < -0.3 is 5.32 Å². The first-order valence-electron chi connectivity index (χ1n) is 6.15. The van der Waals surface area contributed by atoms with Crippen LogP contribution >= 0.6 is 0 Å². The lowest BCUT2D eigenvalue weighted by atomic mass is 10.0. The molecule has 0 atom stereocenters. The number of anilines is 1. The van der Waals surface area contributed by atoms with Crippen LogP contribution in [0.25, 0.3) is 0 Å². The van der Waals surface area contributed by atoms with Crippen molar-refractivity contribution in [3.05, 3.63) is 12.4 Å². The second kappa shape index (κ2) is 4.14. The van der Waals surface area contributed by atoms with Gasteiger partial charge in [-0.3, -0.25) is 0 Å². The molecule has 1 aromatic rings. The normalized spacial score (nSPS) is 21.1. The highest BCUT2D eigenvalue weighted by Crippen LogP contribution is 2.62. The van der Waals surface area contributed by atoms with Gasteiger partial charge in [0.05, 0.1) is 12.4 Å². The van der Waals surface area contributed by atoms with E-state index in [0.717, 1.165) is 0 Å². The van der Waals surface area contributed by atoms with Crippen LogP contribution in [0.4, 0.5) is 5.95 Å². The zero-order valence-electron chi connectivity index (χ0n) is 11.9. The van der Waals surface area contributed by atoms with Crippen LogP contribution in [0.3, 0.4) is 0 Å². The predicted molar refractivity (Wildman–Crippen MR) is 73.3 cm³/mol. The average molecular weight is 284 g/mol. The molecule has 1 saturated carbocycles. The van der Waals surface area contributed by atoms with Gasteiger partial charge in [-0.15, -0.1) is 0 Å². The van der Waals surface area contributed by atoms with Crippen molar-refractivity contribution in [3.8, 4) is 0 Å². The van der Waals surface area contributed by atoms with Crippen LogP contribution < -0.4 is 10.0 Å². The van der Waals surface area contributed by atoms with Crippen LogP contribution in [0.2, 0.25) is 0 Å². The third-order valence-electron chi connectivity index (χ3n) is 4.46. The molecule has 1 aliphatic carbocycles. The molecule has 0 bridgehead atoms. The Balaban J connectivity index is 2.20. The summed E-state index contributed by atoms with van der Waals surface area (Å²) < 4.78 is 27.2. The Morgan fingerprint density at radius 1 is 1.11 bits per heavy atom. The van der Waals surface area contributed by atoms with Crippen molar-refractivity contribution in [3.63, 3.8) is 0 Å². The molecule has 1 aliphatic rings. The van der Waals surface area contributed by atoms with E-state index < -0.39 is 10.0 Å². The van der Waals surface area contributed by atoms with Gasteiger partial charge in [-0.1, -0.05) is 27.7 Å². The minimum Gasteiger partial charge on any atom is -0.357 e. The van der Waals surface area contributed by atoms with Crippen LogP contribution in [-0.4, -0.2) is 31.5 Å². The van der Waals surface area contributed by atoms with Crippen molar-refractivity contribution >= 4 is 16.0 Å². The first-order chi connectivity index (χ1) is 8.63. The SMILES string of the molecule is CNc1ncc(S(=O)(=O)NC2C(C)(C)C2(C)C)cn1. The molecular formula is C12H20N4O2S. The van der Waals surface area contributed by atoms with Crippen molar-refractivity contribution < 1.29 is 8.42 Å². The molecule has 1 heterocycles. The fraction of sp³-hybridized carbons (Fsp3) is 0.667. The van der Waals surface area contributed by atoms with Gasteiger partial charge in [-0.05, 0) is 10.8 Å². The summed E-state index contributed by atoms with van der Waals surface area (Å²) in [6, 6.07) is -0.0750. The van der Waals surface area contributed by atoms with E-state index in [-0.39, 0.29) is 21.8 Å². The van der Waals surface area contributed by atoms with Gasteiger partial charge in [0.1, 0.15) is 4.90 Å². The van der Waals surface area contributed by atoms with Crippen molar-refractivity contribution in [1.82, 2.24) is 14.7 Å². The van der Waals surface area contributed by atoms with Crippen LogP contribution in [0.1, 0.15) is 27.7 Å². The molecule has 0 aromatic carbocycles. The molecule has 0 saturated heterocycles. The molecule has 1 aromatic heterocycles. The zero-order valence-corrected chi connectivity index (χ0v) is 12.7. The minimum atomic E-state index is -3.57. The van der Waals surface area contributed by atoms with Gasteiger partial charge in [0.25, 0.3) is 0 Å². The summed E-state index contributed by atoms with van der Waals surface area (Å²) in [5, 5.41) is 2.75. The number of nitrogens with zero attached hydrogens (tertiary/aromatic N) is 2. The number of hydrogen-bond acceptors (Lipinski definition) is 5. The Hall–Kier alpha value is -1.21. The summed E-state index contributed by atoms with van der Waals surface area (Å²) in [5.74, 6) is 0.394. The fourth-order valence-corrected chi connectivity index (χ4v) is 3.72. The molecule has 0 aliphatic heterocycles. The predicted octanol–water partition coefficient (Wildman–Crippen LogP) is 1.23. The topological polar surface area (TPSA) is 84.0 Å². The molecule has 2 rings (SSSR count). The van der Waals surface area contributed by atoms with Crippen molar-refractivity contribution in [2.75, 3.05) is 12.4 Å². The van der Waals surface area contributed by atoms with E-state index in [1.165, 1.54) is 12.4 Å². The number of nitrogens with one attached hydrogen (secondary N) is 2. The van der Waals surface area contributed by atoms with Crippen LogP contribution in [-0.2, 0) is 10.0 Å². The van der Waals surface area contributed by atoms with E-state index in [1.54, 1.807) is 7.05 Å². The maximum absolute atomic E-state index is 12.2. The molecule has 0 spiro atoms. The highest BCUT2D eigenvalue weighted by molar-refractivity contribution is 7.89. The molecule has 0 amide bonds. The maximum Gasteiger partial charge on any atom is 0.243 e. The van der Waals surface area contributed by atoms with Gasteiger partial charge in [-0.2, -0.15) is 0 Å². The molecule has 6 nitrogen and oxygen atoms in total. The van der Waals surface area contributed by atoms with Gasteiger partial charge in [-0.25, -0.2) is 23.1 Å². The summed E-state index contributed by atoms with van der Waals surface area (Å²) in [4.78, 5) is 7.93. The van der Waals surface area contributed by atoms with Gasteiger partial charge in [0, 0.05) is 13.1 Å². The first-order valence-corrected chi connectivity index (χ1v) is 7.63. The maximum atomic E-state index is 12.2. The van der Waals surface area contributed by atoms with Crippen LogP contribution in [0.15, 0.2) is 17.3 Å². The molecule has 19 heavy (non-hydrogen) atoms. The van der Waals surface area contributed by atoms with E-state index in [2.05, 4.69) is 47.7 Å². The third-order valence-corrected chi connectivity index (χ3v) is 5.83. The van der Waals surface area contributed by atoms with Gasteiger partial charge >= 0.3 is 0 Å².